The van der Waals surface area contributed by atoms with Gasteiger partial charge in [0.2, 0.25) is 5.91 Å². The number of benzene rings is 2. The minimum absolute atomic E-state index is 0.146. The molecule has 2 aromatic rings. The number of rotatable bonds is 10. The summed E-state index contributed by atoms with van der Waals surface area (Å²) in [7, 11) is 0. The lowest BCUT2D eigenvalue weighted by Crippen LogP contribution is -2.27. The van der Waals surface area contributed by atoms with E-state index in [4.69, 9.17) is 0 Å². The van der Waals surface area contributed by atoms with Crippen molar-refractivity contribution in [3.8, 4) is 0 Å². The molecule has 0 aromatic heterocycles. The van der Waals surface area contributed by atoms with Crippen LogP contribution in [0.4, 0.5) is 0 Å². The van der Waals surface area contributed by atoms with Gasteiger partial charge < -0.3 is 4.90 Å². The molecular formula is C23H27NOS. The fourth-order valence-electron chi connectivity index (χ4n) is 2.64. The van der Waals surface area contributed by atoms with Crippen molar-refractivity contribution < 1.29 is 4.79 Å². The SMILES string of the molecule is C=CCC/C(=C/N(Cc1ccccc1)C(=O)CSCC)c1ccccc1. The molecule has 136 valence electrons. The van der Waals surface area contributed by atoms with Crippen LogP contribution in [-0.4, -0.2) is 22.3 Å². The highest BCUT2D eigenvalue weighted by Crippen LogP contribution is 2.22. The topological polar surface area (TPSA) is 20.3 Å². The summed E-state index contributed by atoms with van der Waals surface area (Å²) in [6.07, 6.45) is 5.71. The highest BCUT2D eigenvalue weighted by molar-refractivity contribution is 7.99. The van der Waals surface area contributed by atoms with Crippen LogP contribution in [0.2, 0.25) is 0 Å². The van der Waals surface area contributed by atoms with Crippen LogP contribution in [0.15, 0.2) is 79.5 Å². The molecule has 0 aliphatic rings. The van der Waals surface area contributed by atoms with E-state index in [1.807, 2.05) is 53.6 Å². The normalized spacial score (nSPS) is 11.2. The first-order valence-electron chi connectivity index (χ1n) is 9.02. The van der Waals surface area contributed by atoms with Crippen molar-refractivity contribution >= 4 is 23.2 Å². The Kier molecular flexibility index (Phi) is 8.77. The van der Waals surface area contributed by atoms with Gasteiger partial charge in [0.25, 0.3) is 0 Å². The average Bonchev–Trinajstić information content (AvgIpc) is 2.69. The van der Waals surface area contributed by atoms with E-state index in [0.29, 0.717) is 12.3 Å². The molecule has 2 nitrogen and oxygen atoms in total. The number of allylic oxidation sites excluding steroid dienone is 2. The molecule has 0 bridgehead atoms. The average molecular weight is 366 g/mol. The molecule has 0 aliphatic heterocycles. The van der Waals surface area contributed by atoms with Crippen molar-refractivity contribution in [3.05, 3.63) is 90.6 Å². The highest BCUT2D eigenvalue weighted by Gasteiger charge is 2.13. The summed E-state index contributed by atoms with van der Waals surface area (Å²) in [6, 6.07) is 20.4. The quantitative estimate of drug-likeness (QED) is 0.498. The summed E-state index contributed by atoms with van der Waals surface area (Å²) in [6.45, 7) is 6.51. The largest absolute Gasteiger partial charge is 0.314 e. The van der Waals surface area contributed by atoms with Gasteiger partial charge in [-0.15, -0.1) is 6.58 Å². The van der Waals surface area contributed by atoms with E-state index in [-0.39, 0.29) is 5.91 Å². The Hall–Kier alpha value is -2.26. The van der Waals surface area contributed by atoms with Gasteiger partial charge in [-0.3, -0.25) is 4.79 Å². The van der Waals surface area contributed by atoms with Crippen LogP contribution in [0, 0.1) is 0 Å². The van der Waals surface area contributed by atoms with Crippen molar-refractivity contribution in [2.75, 3.05) is 11.5 Å². The Balaban J connectivity index is 2.31. The zero-order chi connectivity index (χ0) is 18.6. The molecule has 0 saturated carbocycles. The molecule has 0 fully saturated rings. The number of thioether (sulfide) groups is 1. The van der Waals surface area contributed by atoms with E-state index in [9.17, 15) is 4.79 Å². The molecule has 0 heterocycles. The molecule has 26 heavy (non-hydrogen) atoms. The van der Waals surface area contributed by atoms with Gasteiger partial charge in [-0.25, -0.2) is 0 Å². The number of carbonyl (C=O) groups excluding carboxylic acids is 1. The second-order valence-corrected chi connectivity index (χ2v) is 7.27. The van der Waals surface area contributed by atoms with Gasteiger partial charge in [0, 0.05) is 6.20 Å². The maximum absolute atomic E-state index is 12.8. The first kappa shape index (κ1) is 20.1. The van der Waals surface area contributed by atoms with Crippen molar-refractivity contribution in [1.82, 2.24) is 4.90 Å². The third-order valence-corrected chi connectivity index (χ3v) is 4.88. The molecule has 1 amide bonds. The Morgan fingerprint density at radius 2 is 1.73 bits per heavy atom. The zero-order valence-electron chi connectivity index (χ0n) is 15.4. The van der Waals surface area contributed by atoms with Crippen LogP contribution < -0.4 is 0 Å². The van der Waals surface area contributed by atoms with Crippen molar-refractivity contribution in [2.24, 2.45) is 0 Å². The molecule has 2 aromatic carbocycles. The summed E-state index contributed by atoms with van der Waals surface area (Å²) in [5.74, 6) is 1.59. The Labute approximate surface area is 161 Å². The van der Waals surface area contributed by atoms with Crippen LogP contribution >= 0.6 is 11.8 Å². The fourth-order valence-corrected chi connectivity index (χ4v) is 3.18. The summed E-state index contributed by atoms with van der Waals surface area (Å²) >= 11 is 1.66. The van der Waals surface area contributed by atoms with Crippen LogP contribution in [0.5, 0.6) is 0 Å². The lowest BCUT2D eigenvalue weighted by Gasteiger charge is -2.21. The summed E-state index contributed by atoms with van der Waals surface area (Å²) < 4.78 is 0. The molecule has 3 heteroatoms. The molecule has 0 N–H and O–H groups in total. The fraction of sp³-hybridized carbons (Fsp3) is 0.261. The van der Waals surface area contributed by atoms with E-state index in [1.54, 1.807) is 11.8 Å². The molecule has 0 unspecified atom stereocenters. The molecule has 0 saturated heterocycles. The Bertz CT molecular complexity index is 710. The van der Waals surface area contributed by atoms with Crippen LogP contribution in [-0.2, 0) is 11.3 Å². The lowest BCUT2D eigenvalue weighted by molar-refractivity contribution is -0.126. The third-order valence-electron chi connectivity index (χ3n) is 4.02. The second-order valence-electron chi connectivity index (χ2n) is 5.99. The minimum atomic E-state index is 0.146. The number of hydrogen-bond donors (Lipinski definition) is 0. The van der Waals surface area contributed by atoms with Crippen molar-refractivity contribution in [1.29, 1.82) is 0 Å². The van der Waals surface area contributed by atoms with Gasteiger partial charge >= 0.3 is 0 Å². The zero-order valence-corrected chi connectivity index (χ0v) is 16.3. The van der Waals surface area contributed by atoms with Gasteiger partial charge in [-0.05, 0) is 35.3 Å². The van der Waals surface area contributed by atoms with E-state index >= 15 is 0 Å². The molecule has 0 radical (unpaired) electrons. The Morgan fingerprint density at radius 1 is 1.08 bits per heavy atom. The lowest BCUT2D eigenvalue weighted by atomic mass is 10.0. The van der Waals surface area contributed by atoms with Crippen LogP contribution in [0.25, 0.3) is 5.57 Å². The molecule has 2 rings (SSSR count). The predicted molar refractivity (Wildman–Crippen MR) is 114 cm³/mol. The van der Waals surface area contributed by atoms with Crippen LogP contribution in [0.1, 0.15) is 30.9 Å². The number of amides is 1. The van der Waals surface area contributed by atoms with E-state index < -0.39 is 0 Å². The van der Waals surface area contributed by atoms with Gasteiger partial charge in [-0.2, -0.15) is 11.8 Å². The highest BCUT2D eigenvalue weighted by atomic mass is 32.2. The summed E-state index contributed by atoms with van der Waals surface area (Å²) in [5.41, 5.74) is 3.45. The first-order valence-corrected chi connectivity index (χ1v) is 10.2. The molecule has 0 aliphatic carbocycles. The molecular weight excluding hydrogens is 338 g/mol. The standard InChI is InChI=1S/C23H27NOS/c1-3-5-14-22(21-15-10-7-11-16-21)18-24(23(25)19-26-4-2)17-20-12-8-6-9-13-20/h3,6-13,15-16,18H,1,4-5,14,17,19H2,2H3/b22-18-. The minimum Gasteiger partial charge on any atom is -0.314 e. The number of hydrogen-bond acceptors (Lipinski definition) is 2. The monoisotopic (exact) mass is 365 g/mol. The van der Waals surface area contributed by atoms with E-state index in [0.717, 1.165) is 35.3 Å². The van der Waals surface area contributed by atoms with Gasteiger partial charge in [0.1, 0.15) is 0 Å². The van der Waals surface area contributed by atoms with Crippen molar-refractivity contribution in [3.63, 3.8) is 0 Å². The third kappa shape index (κ3) is 6.57. The first-order chi connectivity index (χ1) is 12.7. The summed E-state index contributed by atoms with van der Waals surface area (Å²) in [4.78, 5) is 14.7. The smallest absolute Gasteiger partial charge is 0.236 e. The molecule has 0 spiro atoms. The second kappa shape index (κ2) is 11.4. The summed E-state index contributed by atoms with van der Waals surface area (Å²) in [5, 5.41) is 0. The van der Waals surface area contributed by atoms with Gasteiger partial charge in [0.15, 0.2) is 0 Å². The molecule has 0 atom stereocenters. The van der Waals surface area contributed by atoms with E-state index in [1.165, 1.54) is 0 Å². The van der Waals surface area contributed by atoms with Gasteiger partial charge in [0.05, 0.1) is 12.3 Å². The predicted octanol–water partition coefficient (Wildman–Crippen LogP) is 5.78. The number of carbonyl (C=O) groups is 1. The van der Waals surface area contributed by atoms with E-state index in [2.05, 4.69) is 37.8 Å². The van der Waals surface area contributed by atoms with Crippen molar-refractivity contribution in [2.45, 2.75) is 26.3 Å². The van der Waals surface area contributed by atoms with Gasteiger partial charge in [-0.1, -0.05) is 73.7 Å². The maximum Gasteiger partial charge on any atom is 0.236 e. The van der Waals surface area contributed by atoms with Crippen LogP contribution in [0.3, 0.4) is 0 Å². The number of nitrogens with zero attached hydrogens (tertiary/aromatic N) is 1. The Morgan fingerprint density at radius 3 is 2.35 bits per heavy atom. The maximum atomic E-state index is 12.8.